The number of imide groups is 1. The van der Waals surface area contributed by atoms with Crippen molar-refractivity contribution in [1.29, 1.82) is 0 Å². The quantitative estimate of drug-likeness (QED) is 0.131. The summed E-state index contributed by atoms with van der Waals surface area (Å²) in [7, 11) is 0. The van der Waals surface area contributed by atoms with Crippen LogP contribution in [0.25, 0.3) is 0 Å². The lowest BCUT2D eigenvalue weighted by Gasteiger charge is -2.29. The van der Waals surface area contributed by atoms with E-state index in [1.807, 2.05) is 12.2 Å². The van der Waals surface area contributed by atoms with Crippen LogP contribution in [0.5, 0.6) is 0 Å². The van der Waals surface area contributed by atoms with Gasteiger partial charge in [-0.15, -0.1) is 0 Å². The number of unbranched alkanes of at least 4 members (excludes halogenated alkanes) is 3. The van der Waals surface area contributed by atoms with Crippen LogP contribution in [-0.4, -0.2) is 82.6 Å². The molecule has 1 saturated carbocycles. The fourth-order valence-electron chi connectivity index (χ4n) is 6.27. The predicted octanol–water partition coefficient (Wildman–Crippen LogP) is 4.51. The Bertz CT molecular complexity index is 1480. The molecule has 0 aromatic heterocycles. The minimum atomic E-state index is -1.15. The molecule has 5 atom stereocenters. The first-order chi connectivity index (χ1) is 23.7. The number of fused-ring (bicyclic) bond motifs is 1. The third kappa shape index (κ3) is 10.8. The van der Waals surface area contributed by atoms with Gasteiger partial charge in [0.15, 0.2) is 0 Å². The fourth-order valence-corrected chi connectivity index (χ4v) is 6.27. The zero-order valence-corrected chi connectivity index (χ0v) is 29.5. The van der Waals surface area contributed by atoms with Gasteiger partial charge >= 0.3 is 18.2 Å². The van der Waals surface area contributed by atoms with Gasteiger partial charge in [-0.25, -0.2) is 14.0 Å². The molecule has 0 bridgehead atoms. The first-order valence-electron chi connectivity index (χ1n) is 17.3. The van der Waals surface area contributed by atoms with Gasteiger partial charge in [0.2, 0.25) is 17.7 Å². The average Bonchev–Trinajstić information content (AvgIpc) is 3.45. The zero-order valence-electron chi connectivity index (χ0n) is 29.5. The molecular formula is C36H49FN4O9. The number of esters is 1. The van der Waals surface area contributed by atoms with Crippen LogP contribution < -0.4 is 10.6 Å². The normalized spacial score (nSPS) is 21.7. The van der Waals surface area contributed by atoms with Crippen molar-refractivity contribution in [2.75, 3.05) is 13.2 Å². The zero-order chi connectivity index (χ0) is 36.6. The largest absolute Gasteiger partial charge is 0.466 e. The van der Waals surface area contributed by atoms with Crippen molar-refractivity contribution in [3.05, 3.63) is 47.3 Å². The Kier molecular flexibility index (Phi) is 13.0. The number of allylic oxidation sites excluding steroid dienone is 2. The van der Waals surface area contributed by atoms with Gasteiger partial charge in [0.25, 0.3) is 0 Å². The summed E-state index contributed by atoms with van der Waals surface area (Å²) in [6, 6.07) is 2.42. The van der Waals surface area contributed by atoms with Crippen molar-refractivity contribution >= 4 is 35.9 Å². The number of nitrogens with one attached hydrogen (secondary N) is 2. The Balaban J connectivity index is 1.38. The van der Waals surface area contributed by atoms with Crippen molar-refractivity contribution in [3.63, 3.8) is 0 Å². The summed E-state index contributed by atoms with van der Waals surface area (Å²) in [4.78, 5) is 79.3. The number of alkyl carbamates (subject to hydrolysis) is 1. The summed E-state index contributed by atoms with van der Waals surface area (Å²) >= 11 is 0. The van der Waals surface area contributed by atoms with Crippen LogP contribution in [0.2, 0.25) is 0 Å². The minimum Gasteiger partial charge on any atom is -0.466 e. The van der Waals surface area contributed by atoms with E-state index in [2.05, 4.69) is 10.6 Å². The molecule has 0 radical (unpaired) electrons. The van der Waals surface area contributed by atoms with Gasteiger partial charge in [-0.2, -0.15) is 0 Å². The van der Waals surface area contributed by atoms with E-state index in [9.17, 15) is 33.2 Å². The summed E-state index contributed by atoms with van der Waals surface area (Å²) < 4.78 is 30.5. The van der Waals surface area contributed by atoms with Crippen LogP contribution in [0.1, 0.15) is 90.7 Å². The second kappa shape index (κ2) is 16.9. The van der Waals surface area contributed by atoms with Crippen LogP contribution in [-0.2, 0) is 46.5 Å². The lowest BCUT2D eigenvalue weighted by atomic mass is 10.0. The van der Waals surface area contributed by atoms with Gasteiger partial charge < -0.3 is 24.4 Å². The highest BCUT2D eigenvalue weighted by atomic mass is 19.1. The van der Waals surface area contributed by atoms with Crippen LogP contribution in [0, 0.1) is 17.7 Å². The molecule has 5 amide bonds. The molecule has 274 valence electrons. The van der Waals surface area contributed by atoms with E-state index >= 15 is 0 Å². The molecule has 0 spiro atoms. The molecule has 50 heavy (non-hydrogen) atoms. The van der Waals surface area contributed by atoms with Gasteiger partial charge in [0, 0.05) is 25.5 Å². The number of hydrogen-bond acceptors (Lipinski definition) is 9. The number of carbonyl (C=O) groups is 6. The van der Waals surface area contributed by atoms with E-state index in [-0.39, 0.29) is 50.3 Å². The predicted molar refractivity (Wildman–Crippen MR) is 178 cm³/mol. The number of carbonyl (C=O) groups excluding carboxylic acids is 6. The van der Waals surface area contributed by atoms with Crippen LogP contribution in [0.4, 0.5) is 14.0 Å². The fraction of sp³-hybridized carbons (Fsp3) is 0.611. The molecule has 0 unspecified atom stereocenters. The van der Waals surface area contributed by atoms with Gasteiger partial charge in [-0.1, -0.05) is 37.1 Å². The van der Waals surface area contributed by atoms with E-state index in [4.69, 9.17) is 14.2 Å². The number of rotatable bonds is 13. The summed E-state index contributed by atoms with van der Waals surface area (Å²) in [6.45, 7) is 8.45. The second-order valence-corrected chi connectivity index (χ2v) is 14.0. The number of nitrogens with zero attached hydrogens (tertiary/aromatic N) is 2. The number of ether oxygens (including phenoxy) is 3. The maximum Gasteiger partial charge on any atom is 0.410 e. The molecule has 4 rings (SSSR count). The molecule has 2 aliphatic heterocycles. The Hall–Kier alpha value is -4.49. The topological polar surface area (TPSA) is 161 Å². The smallest absolute Gasteiger partial charge is 0.410 e. The Morgan fingerprint density at radius 1 is 1.06 bits per heavy atom. The highest BCUT2D eigenvalue weighted by Gasteiger charge is 2.45. The average molecular weight is 701 g/mol. The van der Waals surface area contributed by atoms with Crippen molar-refractivity contribution in [2.45, 2.75) is 116 Å². The van der Waals surface area contributed by atoms with E-state index < -0.39 is 59.5 Å². The first kappa shape index (κ1) is 38.3. The van der Waals surface area contributed by atoms with Crippen molar-refractivity contribution < 1.29 is 47.4 Å². The Morgan fingerprint density at radius 3 is 2.50 bits per heavy atom. The van der Waals surface area contributed by atoms with Gasteiger partial charge in [0.05, 0.1) is 25.6 Å². The van der Waals surface area contributed by atoms with Crippen LogP contribution >= 0.6 is 0 Å². The van der Waals surface area contributed by atoms with Crippen molar-refractivity contribution in [2.24, 2.45) is 11.8 Å². The summed E-state index contributed by atoms with van der Waals surface area (Å²) in [6.07, 6.45) is 5.55. The maximum atomic E-state index is 14.3. The monoisotopic (exact) mass is 700 g/mol. The van der Waals surface area contributed by atoms with Gasteiger partial charge in [-0.3, -0.25) is 29.4 Å². The van der Waals surface area contributed by atoms with Gasteiger partial charge in [-0.05, 0) is 70.9 Å². The van der Waals surface area contributed by atoms with Crippen LogP contribution in [0.15, 0.2) is 30.4 Å². The molecule has 13 nitrogen and oxygen atoms in total. The molecule has 1 saturated heterocycles. The number of likely N-dealkylation sites (tertiary alicyclic amines) is 1. The number of halogens is 1. The van der Waals surface area contributed by atoms with Crippen molar-refractivity contribution in [1.82, 2.24) is 20.4 Å². The lowest BCUT2D eigenvalue weighted by Crippen LogP contribution is -2.54. The molecule has 2 N–H and O–H groups in total. The molecule has 3 aliphatic rings. The van der Waals surface area contributed by atoms with E-state index in [1.165, 1.54) is 22.8 Å². The van der Waals surface area contributed by atoms with E-state index in [1.54, 1.807) is 39.8 Å². The molecular weight excluding hydrogens is 651 g/mol. The first-order valence-corrected chi connectivity index (χ1v) is 17.3. The molecule has 14 heteroatoms. The highest BCUT2D eigenvalue weighted by molar-refractivity contribution is 5.99. The number of hydrogen-bond donors (Lipinski definition) is 2. The number of amides is 5. The minimum absolute atomic E-state index is 0.0246. The molecule has 1 aliphatic carbocycles. The maximum absolute atomic E-state index is 14.3. The molecule has 2 fully saturated rings. The SMILES string of the molecule is CCOC(=O)[C@H]1C[C@H]1/C=C\CCCCC[C@H](NC(=O)OC(C)(C)C)C(=O)N1C[C@H](OC(=O)N2Cc3cccc(F)c3C2)C[C@H]1C(=O)NC(C)=O. The van der Waals surface area contributed by atoms with Gasteiger partial charge in [0.1, 0.15) is 29.6 Å². The summed E-state index contributed by atoms with van der Waals surface area (Å²) in [5, 5.41) is 4.88. The number of benzene rings is 1. The summed E-state index contributed by atoms with van der Waals surface area (Å²) in [5.41, 5.74) is 0.248. The Morgan fingerprint density at radius 2 is 1.82 bits per heavy atom. The molecule has 2 heterocycles. The second-order valence-electron chi connectivity index (χ2n) is 14.0. The third-order valence-corrected chi connectivity index (χ3v) is 8.76. The van der Waals surface area contributed by atoms with E-state index in [0.29, 0.717) is 24.2 Å². The highest BCUT2D eigenvalue weighted by Crippen LogP contribution is 2.40. The Labute approximate surface area is 292 Å². The third-order valence-electron chi connectivity index (χ3n) is 8.76. The van der Waals surface area contributed by atoms with Crippen LogP contribution in [0.3, 0.4) is 0 Å². The van der Waals surface area contributed by atoms with Crippen molar-refractivity contribution in [3.8, 4) is 0 Å². The van der Waals surface area contributed by atoms with E-state index in [0.717, 1.165) is 25.7 Å². The molecule has 1 aromatic rings. The summed E-state index contributed by atoms with van der Waals surface area (Å²) in [5.74, 6) is -2.35. The lowest BCUT2D eigenvalue weighted by molar-refractivity contribution is -0.145. The molecule has 1 aromatic carbocycles. The standard InChI is InChI=1S/C36H49FN4O9/c1-6-48-33(45)26-17-23(26)13-10-8-7-9-11-16-29(39-34(46)50-36(3,4)5)32(44)41-20-25(18-30(41)31(43)38-22(2)42)49-35(47)40-19-24-14-12-15-28(37)27(24)21-40/h10,12-15,23,25-26,29-30H,6-9,11,16-21H2,1-5H3,(H,39,46)(H,38,42,43)/b13-10-/t23-,25-,26+,29+,30+/m1/s1.